The Morgan fingerprint density at radius 2 is 1.50 bits per heavy atom. The Kier molecular flexibility index (Phi) is 6.27. The van der Waals surface area contributed by atoms with E-state index in [-0.39, 0.29) is 0 Å². The van der Waals surface area contributed by atoms with Crippen LogP contribution in [-0.4, -0.2) is 36.5 Å². The number of aryl methyl sites for hydroxylation is 2. The van der Waals surface area contributed by atoms with Crippen molar-refractivity contribution in [2.45, 2.75) is 13.8 Å². The van der Waals surface area contributed by atoms with Gasteiger partial charge >= 0.3 is 12.2 Å². The van der Waals surface area contributed by atoms with Crippen LogP contribution in [0.5, 0.6) is 0 Å². The van der Waals surface area contributed by atoms with E-state index in [4.69, 9.17) is 10.2 Å². The summed E-state index contributed by atoms with van der Waals surface area (Å²) in [6, 6.07) is 5.71. The monoisotopic (exact) mass is 254 g/mol. The molecule has 2 amide bonds. The van der Waals surface area contributed by atoms with E-state index in [1.54, 1.807) is 0 Å². The minimum atomic E-state index is -0.995. The lowest BCUT2D eigenvalue weighted by Crippen LogP contribution is -2.23. The Balaban J connectivity index is 0.000000494. The predicted octanol–water partition coefficient (Wildman–Crippen LogP) is 2.30. The normalized spacial score (nSPS) is 8.89. The van der Waals surface area contributed by atoms with E-state index in [0.717, 1.165) is 11.1 Å². The maximum atomic E-state index is 10.6. The third-order valence-electron chi connectivity index (χ3n) is 2.09. The van der Waals surface area contributed by atoms with Crippen molar-refractivity contribution in [1.82, 2.24) is 5.32 Å². The molecule has 0 saturated heterocycles. The Labute approximate surface area is 106 Å². The maximum absolute atomic E-state index is 10.6. The highest BCUT2D eigenvalue weighted by molar-refractivity contribution is 5.85. The summed E-state index contributed by atoms with van der Waals surface area (Å²) in [6.45, 7) is 3.90. The molecule has 0 aliphatic rings. The van der Waals surface area contributed by atoms with Crippen LogP contribution in [0.2, 0.25) is 0 Å². The quantitative estimate of drug-likeness (QED) is 0.717. The van der Waals surface area contributed by atoms with Crippen LogP contribution in [0.3, 0.4) is 0 Å². The Morgan fingerprint density at radius 3 is 1.78 bits per heavy atom. The van der Waals surface area contributed by atoms with E-state index in [9.17, 15) is 9.59 Å². The summed E-state index contributed by atoms with van der Waals surface area (Å²) in [5.41, 5.74) is 2.86. The highest BCUT2D eigenvalue weighted by Crippen LogP contribution is 2.17. The molecule has 0 spiro atoms. The van der Waals surface area contributed by atoms with Crippen LogP contribution in [0, 0.1) is 13.8 Å². The Hall–Kier alpha value is -2.24. The summed E-state index contributed by atoms with van der Waals surface area (Å²) in [7, 11) is 2.89. The Morgan fingerprint density at radius 1 is 1.11 bits per heavy atom. The van der Waals surface area contributed by atoms with E-state index in [1.165, 1.54) is 19.0 Å². The van der Waals surface area contributed by atoms with Crippen LogP contribution < -0.4 is 10.2 Å². The molecule has 6 heteroatoms. The molecule has 100 valence electrons. The van der Waals surface area contributed by atoms with Crippen molar-refractivity contribution in [3.8, 4) is 0 Å². The topological polar surface area (TPSA) is 89.9 Å². The van der Waals surface area contributed by atoms with E-state index in [2.05, 4.69) is 0 Å². The zero-order valence-corrected chi connectivity index (χ0v) is 10.9. The summed E-state index contributed by atoms with van der Waals surface area (Å²) in [5.74, 6) is 0. The van der Waals surface area contributed by atoms with Crippen LogP contribution in [0.25, 0.3) is 0 Å². The van der Waals surface area contributed by atoms with E-state index < -0.39 is 12.2 Å². The molecule has 0 unspecified atom stereocenters. The van der Waals surface area contributed by atoms with Crippen molar-refractivity contribution in [2.75, 3.05) is 19.0 Å². The van der Waals surface area contributed by atoms with Gasteiger partial charge < -0.3 is 15.5 Å². The molecule has 3 N–H and O–H groups in total. The molecule has 1 rings (SSSR count). The number of carboxylic acid groups (broad SMARTS) is 2. The first kappa shape index (κ1) is 15.8. The molecule has 1 aromatic carbocycles. The summed E-state index contributed by atoms with van der Waals surface area (Å²) in [4.78, 5) is 21.1. The lowest BCUT2D eigenvalue weighted by Gasteiger charge is -2.14. The molecule has 18 heavy (non-hydrogen) atoms. The summed E-state index contributed by atoms with van der Waals surface area (Å²) >= 11 is 0. The molecule has 0 atom stereocenters. The molecule has 0 bridgehead atoms. The van der Waals surface area contributed by atoms with Gasteiger partial charge in [0.15, 0.2) is 0 Å². The molecule has 1 aromatic rings. The van der Waals surface area contributed by atoms with E-state index >= 15 is 0 Å². The molecule has 0 aliphatic heterocycles. The second-order valence-corrected chi connectivity index (χ2v) is 3.74. The average Bonchev–Trinajstić information content (AvgIpc) is 2.27. The number of amides is 2. The number of rotatable bonds is 1. The fourth-order valence-corrected chi connectivity index (χ4v) is 1.25. The van der Waals surface area contributed by atoms with Crippen molar-refractivity contribution in [2.24, 2.45) is 0 Å². The SMILES string of the molecule is CNC(=O)O.Cc1cc(C)cc(N(C)C(=O)O)c1. The molecular formula is C12H18N2O4. The molecule has 6 nitrogen and oxygen atoms in total. The molecular weight excluding hydrogens is 236 g/mol. The van der Waals surface area contributed by atoms with Gasteiger partial charge in [-0.25, -0.2) is 9.59 Å². The number of anilines is 1. The van der Waals surface area contributed by atoms with Crippen molar-refractivity contribution < 1.29 is 19.8 Å². The average molecular weight is 254 g/mol. The molecule has 0 saturated carbocycles. The third kappa shape index (κ3) is 5.74. The summed E-state index contributed by atoms with van der Waals surface area (Å²) < 4.78 is 0. The first-order valence-electron chi connectivity index (χ1n) is 5.23. The van der Waals surface area contributed by atoms with E-state index in [1.807, 2.05) is 37.4 Å². The minimum absolute atomic E-state index is 0.713. The van der Waals surface area contributed by atoms with Crippen molar-refractivity contribution >= 4 is 17.9 Å². The predicted molar refractivity (Wildman–Crippen MR) is 69.4 cm³/mol. The van der Waals surface area contributed by atoms with Gasteiger partial charge in [-0.3, -0.25) is 4.90 Å². The van der Waals surface area contributed by atoms with E-state index in [0.29, 0.717) is 5.69 Å². The fraction of sp³-hybridized carbons (Fsp3) is 0.333. The molecule has 0 fully saturated rings. The lowest BCUT2D eigenvalue weighted by molar-refractivity contribution is 0.197. The van der Waals surface area contributed by atoms with Gasteiger partial charge in [0.25, 0.3) is 0 Å². The van der Waals surface area contributed by atoms with Crippen molar-refractivity contribution in [3.63, 3.8) is 0 Å². The molecule has 0 radical (unpaired) electrons. The first-order valence-corrected chi connectivity index (χ1v) is 5.23. The maximum Gasteiger partial charge on any atom is 0.411 e. The number of carbonyl (C=O) groups is 2. The van der Waals surface area contributed by atoms with Crippen LogP contribution in [0.4, 0.5) is 15.3 Å². The third-order valence-corrected chi connectivity index (χ3v) is 2.09. The number of hydrogen-bond donors (Lipinski definition) is 3. The van der Waals surface area contributed by atoms with Gasteiger partial charge in [0, 0.05) is 19.8 Å². The highest BCUT2D eigenvalue weighted by Gasteiger charge is 2.08. The molecule has 0 heterocycles. The van der Waals surface area contributed by atoms with Gasteiger partial charge in [-0.05, 0) is 37.1 Å². The number of hydrogen-bond acceptors (Lipinski definition) is 2. The van der Waals surface area contributed by atoms with Crippen LogP contribution in [0.15, 0.2) is 18.2 Å². The van der Waals surface area contributed by atoms with Crippen molar-refractivity contribution in [1.29, 1.82) is 0 Å². The second-order valence-electron chi connectivity index (χ2n) is 3.74. The largest absolute Gasteiger partial charge is 0.465 e. The standard InChI is InChI=1S/C10H13NO2.C2H5NO2/c1-7-4-8(2)6-9(5-7)11(3)10(12)13;1-3-2(4)5/h4-6H,1-3H3,(H,12,13);3H,1H3,(H,4,5). The first-order chi connectivity index (χ1) is 8.27. The van der Waals surface area contributed by atoms with Gasteiger partial charge in [-0.15, -0.1) is 0 Å². The van der Waals surface area contributed by atoms with Gasteiger partial charge in [0.1, 0.15) is 0 Å². The second kappa shape index (κ2) is 7.16. The molecule has 0 aliphatic carbocycles. The summed E-state index contributed by atoms with van der Waals surface area (Å²) in [6.07, 6.45) is -1.94. The minimum Gasteiger partial charge on any atom is -0.465 e. The van der Waals surface area contributed by atoms with Gasteiger partial charge in [-0.2, -0.15) is 0 Å². The van der Waals surface area contributed by atoms with Crippen LogP contribution >= 0.6 is 0 Å². The van der Waals surface area contributed by atoms with Crippen LogP contribution in [-0.2, 0) is 0 Å². The highest BCUT2D eigenvalue weighted by atomic mass is 16.4. The number of nitrogens with one attached hydrogen (secondary N) is 1. The van der Waals surface area contributed by atoms with Crippen molar-refractivity contribution in [3.05, 3.63) is 29.3 Å². The molecule has 0 aromatic heterocycles. The zero-order valence-electron chi connectivity index (χ0n) is 10.9. The number of nitrogens with zero attached hydrogens (tertiary/aromatic N) is 1. The number of benzene rings is 1. The van der Waals surface area contributed by atoms with Crippen LogP contribution in [0.1, 0.15) is 11.1 Å². The Bertz CT molecular complexity index is 412. The zero-order chi connectivity index (χ0) is 14.3. The fourth-order valence-electron chi connectivity index (χ4n) is 1.25. The lowest BCUT2D eigenvalue weighted by atomic mass is 10.1. The van der Waals surface area contributed by atoms with Gasteiger partial charge in [0.2, 0.25) is 0 Å². The summed E-state index contributed by atoms with van der Waals surface area (Å²) in [5, 5.41) is 18.3. The van der Waals surface area contributed by atoms with Gasteiger partial charge in [0.05, 0.1) is 0 Å². The smallest absolute Gasteiger partial charge is 0.411 e. The van der Waals surface area contributed by atoms with Gasteiger partial charge in [-0.1, -0.05) is 6.07 Å².